The maximum Gasteiger partial charge on any atom is -0.00299 e. The zero-order valence-corrected chi connectivity index (χ0v) is 6.89. The zero-order chi connectivity index (χ0) is 7.82. The molecule has 1 heterocycles. The van der Waals surface area contributed by atoms with Crippen LogP contribution in [-0.4, -0.2) is 14.1 Å². The molecular formula is C8H16N2. The number of dihydropyridines is 1. The largest absolute Gasteiger partial charge is 0.368 e. The molecule has 0 amide bonds. The Labute approximate surface area is 63.0 Å². The summed E-state index contributed by atoms with van der Waals surface area (Å²) in [6.45, 7) is 2.15. The third kappa shape index (κ3) is 5.38. The Bertz CT molecular complexity index is 104. The first-order valence-corrected chi connectivity index (χ1v) is 3.49. The Morgan fingerprint density at radius 2 is 1.60 bits per heavy atom. The molecule has 0 spiro atoms. The maximum absolute atomic E-state index is 2.95. The lowest BCUT2D eigenvalue weighted by Gasteiger charge is -2.02. The van der Waals surface area contributed by atoms with Crippen molar-refractivity contribution in [3.63, 3.8) is 0 Å². The van der Waals surface area contributed by atoms with E-state index in [1.54, 1.807) is 0 Å². The van der Waals surface area contributed by atoms with Gasteiger partial charge < -0.3 is 10.6 Å². The molecule has 0 saturated heterocycles. The Morgan fingerprint density at radius 1 is 1.20 bits per heavy atom. The molecule has 0 aromatic heterocycles. The second-order valence-corrected chi connectivity index (χ2v) is 2.24. The number of allylic oxidation sites excluding steroid dienone is 2. The zero-order valence-electron chi connectivity index (χ0n) is 6.89. The summed E-state index contributed by atoms with van der Waals surface area (Å²) in [5.74, 6) is 0.612. The molecule has 0 bridgehead atoms. The van der Waals surface area contributed by atoms with Crippen molar-refractivity contribution in [2.24, 2.45) is 5.92 Å². The summed E-state index contributed by atoms with van der Waals surface area (Å²) in [7, 11) is 3.75. The van der Waals surface area contributed by atoms with Crippen LogP contribution in [0.4, 0.5) is 0 Å². The molecule has 0 atom stereocenters. The molecule has 0 aliphatic carbocycles. The summed E-state index contributed by atoms with van der Waals surface area (Å²) in [5.41, 5.74) is 0. The van der Waals surface area contributed by atoms with Crippen molar-refractivity contribution in [1.29, 1.82) is 0 Å². The normalized spacial score (nSPS) is 15.5. The van der Waals surface area contributed by atoms with Crippen LogP contribution in [0.25, 0.3) is 0 Å². The fraction of sp³-hybridized carbons (Fsp3) is 0.500. The lowest BCUT2D eigenvalue weighted by atomic mass is 10.1. The first-order chi connectivity index (χ1) is 4.81. The van der Waals surface area contributed by atoms with E-state index >= 15 is 0 Å². The van der Waals surface area contributed by atoms with Crippen LogP contribution >= 0.6 is 0 Å². The third-order valence-corrected chi connectivity index (χ3v) is 0.992. The Balaban J connectivity index is 0.000000236. The lowest BCUT2D eigenvalue weighted by Crippen LogP contribution is -1.99. The van der Waals surface area contributed by atoms with Crippen LogP contribution < -0.4 is 10.6 Å². The smallest absolute Gasteiger partial charge is 0.00299 e. The van der Waals surface area contributed by atoms with E-state index in [4.69, 9.17) is 0 Å². The van der Waals surface area contributed by atoms with Crippen molar-refractivity contribution >= 4 is 0 Å². The molecule has 1 aliphatic heterocycles. The molecule has 0 aromatic rings. The average Bonchev–Trinajstić information content (AvgIpc) is 1.91. The minimum atomic E-state index is 0.612. The summed E-state index contributed by atoms with van der Waals surface area (Å²) in [6, 6.07) is 0. The summed E-state index contributed by atoms with van der Waals surface area (Å²) in [4.78, 5) is 0. The summed E-state index contributed by atoms with van der Waals surface area (Å²) >= 11 is 0. The fourth-order valence-corrected chi connectivity index (χ4v) is 0.534. The molecule has 58 valence electrons. The molecule has 2 heteroatoms. The number of hydrogen-bond donors (Lipinski definition) is 2. The predicted molar refractivity (Wildman–Crippen MR) is 45.6 cm³/mol. The second kappa shape index (κ2) is 6.36. The van der Waals surface area contributed by atoms with Gasteiger partial charge in [-0.2, -0.15) is 0 Å². The van der Waals surface area contributed by atoms with Gasteiger partial charge in [-0.3, -0.25) is 0 Å². The van der Waals surface area contributed by atoms with Gasteiger partial charge in [-0.15, -0.1) is 0 Å². The molecule has 0 aromatic carbocycles. The molecule has 10 heavy (non-hydrogen) atoms. The quantitative estimate of drug-likeness (QED) is 0.526. The van der Waals surface area contributed by atoms with Crippen LogP contribution in [0.2, 0.25) is 0 Å². The molecule has 1 rings (SSSR count). The standard InChI is InChI=1S/C6H9N.C2H7N/c1-6-2-4-7-5-3-6;1-3-2/h2-7H,1H3;3H,1-2H3. The SMILES string of the molecule is CC1C=CNC=C1.CNC. The average molecular weight is 140 g/mol. The molecule has 2 N–H and O–H groups in total. The first kappa shape index (κ1) is 9.24. The molecular weight excluding hydrogens is 124 g/mol. The van der Waals surface area contributed by atoms with Crippen LogP contribution in [0.5, 0.6) is 0 Å². The third-order valence-electron chi connectivity index (χ3n) is 0.992. The first-order valence-electron chi connectivity index (χ1n) is 3.49. The molecule has 0 unspecified atom stereocenters. The molecule has 0 fully saturated rings. The predicted octanol–water partition coefficient (Wildman–Crippen LogP) is 1.09. The van der Waals surface area contributed by atoms with Gasteiger partial charge in [0.2, 0.25) is 0 Å². The van der Waals surface area contributed by atoms with E-state index in [0.717, 1.165) is 0 Å². The van der Waals surface area contributed by atoms with Crippen molar-refractivity contribution in [2.45, 2.75) is 6.92 Å². The van der Waals surface area contributed by atoms with E-state index in [-0.39, 0.29) is 0 Å². The summed E-state index contributed by atoms with van der Waals surface area (Å²) < 4.78 is 0. The second-order valence-electron chi connectivity index (χ2n) is 2.24. The highest BCUT2D eigenvalue weighted by Gasteiger charge is 1.89. The maximum atomic E-state index is 2.95. The highest BCUT2D eigenvalue weighted by molar-refractivity contribution is 5.03. The van der Waals surface area contributed by atoms with Gasteiger partial charge in [0.15, 0.2) is 0 Å². The van der Waals surface area contributed by atoms with Crippen LogP contribution in [0.15, 0.2) is 24.6 Å². The number of hydrogen-bond acceptors (Lipinski definition) is 2. The minimum Gasteiger partial charge on any atom is -0.368 e. The van der Waals surface area contributed by atoms with Gasteiger partial charge in [0.1, 0.15) is 0 Å². The monoisotopic (exact) mass is 140 g/mol. The van der Waals surface area contributed by atoms with Gasteiger partial charge in [0, 0.05) is 0 Å². The van der Waals surface area contributed by atoms with Gasteiger partial charge in [-0.25, -0.2) is 0 Å². The van der Waals surface area contributed by atoms with E-state index < -0.39 is 0 Å². The van der Waals surface area contributed by atoms with E-state index in [0.29, 0.717) is 5.92 Å². The van der Waals surface area contributed by atoms with Crippen molar-refractivity contribution in [3.8, 4) is 0 Å². The number of nitrogens with one attached hydrogen (secondary N) is 2. The van der Waals surface area contributed by atoms with Gasteiger partial charge >= 0.3 is 0 Å². The van der Waals surface area contributed by atoms with Crippen LogP contribution in [-0.2, 0) is 0 Å². The molecule has 0 saturated carbocycles. The van der Waals surface area contributed by atoms with E-state index in [9.17, 15) is 0 Å². The minimum absolute atomic E-state index is 0.612. The number of rotatable bonds is 0. The summed E-state index contributed by atoms with van der Waals surface area (Å²) in [6.07, 6.45) is 8.12. The Hall–Kier alpha value is -0.760. The highest BCUT2D eigenvalue weighted by Crippen LogP contribution is 1.99. The highest BCUT2D eigenvalue weighted by atomic mass is 14.8. The molecule has 1 aliphatic rings. The summed E-state index contributed by atoms with van der Waals surface area (Å²) in [5, 5.41) is 5.70. The van der Waals surface area contributed by atoms with E-state index in [1.807, 2.05) is 26.5 Å². The van der Waals surface area contributed by atoms with Crippen LogP contribution in [0, 0.1) is 5.92 Å². The van der Waals surface area contributed by atoms with Crippen LogP contribution in [0.3, 0.4) is 0 Å². The van der Waals surface area contributed by atoms with Crippen molar-refractivity contribution < 1.29 is 0 Å². The van der Waals surface area contributed by atoms with E-state index in [2.05, 4.69) is 29.7 Å². The van der Waals surface area contributed by atoms with Crippen molar-refractivity contribution in [2.75, 3.05) is 14.1 Å². The Morgan fingerprint density at radius 3 is 1.80 bits per heavy atom. The molecule has 0 radical (unpaired) electrons. The van der Waals surface area contributed by atoms with Crippen LogP contribution in [0.1, 0.15) is 6.92 Å². The van der Waals surface area contributed by atoms with Gasteiger partial charge in [0.25, 0.3) is 0 Å². The van der Waals surface area contributed by atoms with Gasteiger partial charge in [0.05, 0.1) is 0 Å². The van der Waals surface area contributed by atoms with Crippen molar-refractivity contribution in [1.82, 2.24) is 10.6 Å². The topological polar surface area (TPSA) is 24.1 Å². The molecule has 2 nitrogen and oxygen atoms in total. The lowest BCUT2D eigenvalue weighted by molar-refractivity contribution is 0.888. The van der Waals surface area contributed by atoms with Gasteiger partial charge in [-0.05, 0) is 32.4 Å². The fourth-order valence-electron chi connectivity index (χ4n) is 0.534. The van der Waals surface area contributed by atoms with Crippen molar-refractivity contribution in [3.05, 3.63) is 24.6 Å². The Kier molecular flexibility index (Phi) is 5.88. The van der Waals surface area contributed by atoms with E-state index in [1.165, 1.54) is 0 Å². The van der Waals surface area contributed by atoms with Gasteiger partial charge in [-0.1, -0.05) is 19.1 Å².